The molecule has 0 unspecified atom stereocenters. The first-order chi connectivity index (χ1) is 11.6. The van der Waals surface area contributed by atoms with Crippen LogP contribution in [0.4, 0.5) is 0 Å². The summed E-state index contributed by atoms with van der Waals surface area (Å²) in [5.74, 6) is 0.202. The molecule has 0 saturated heterocycles. The standard InChI is InChI=1S/C16H21N5O2S/c1-11(15(23)17-12-5-3-2-4-6-12)24-16-18-19-20-21(16)13-7-9-14(22)10-8-13/h7-12,22H,2-6H2,1H3,(H,17,23)/t11-/m0/s1. The number of hydrogen-bond acceptors (Lipinski definition) is 6. The lowest BCUT2D eigenvalue weighted by atomic mass is 9.95. The number of phenolic OH excluding ortho intramolecular Hbond substituents is 1. The maximum atomic E-state index is 12.4. The van der Waals surface area contributed by atoms with Crippen molar-refractivity contribution in [2.24, 2.45) is 0 Å². The molecule has 2 N–H and O–H groups in total. The minimum atomic E-state index is -0.284. The van der Waals surface area contributed by atoms with Crippen LogP contribution in [0.15, 0.2) is 29.4 Å². The molecule has 2 aromatic rings. The van der Waals surface area contributed by atoms with Gasteiger partial charge in [0.25, 0.3) is 0 Å². The molecule has 3 rings (SSSR count). The number of hydrogen-bond donors (Lipinski definition) is 2. The fraction of sp³-hybridized carbons (Fsp3) is 0.500. The molecule has 1 aromatic carbocycles. The summed E-state index contributed by atoms with van der Waals surface area (Å²) in [5, 5.41) is 24.4. The van der Waals surface area contributed by atoms with Crippen LogP contribution in [0.1, 0.15) is 39.0 Å². The zero-order valence-electron chi connectivity index (χ0n) is 13.6. The number of amides is 1. The van der Waals surface area contributed by atoms with Crippen LogP contribution in [0, 0.1) is 0 Å². The molecule has 1 aliphatic rings. The molecule has 0 aliphatic heterocycles. The Kier molecular flexibility index (Phi) is 5.34. The molecule has 1 atom stereocenters. The Balaban J connectivity index is 1.64. The van der Waals surface area contributed by atoms with Crippen molar-refractivity contribution < 1.29 is 9.90 Å². The number of carbonyl (C=O) groups excluding carboxylic acids is 1. The normalized spacial score (nSPS) is 16.7. The quantitative estimate of drug-likeness (QED) is 0.806. The third kappa shape index (κ3) is 4.05. The fourth-order valence-electron chi connectivity index (χ4n) is 2.79. The van der Waals surface area contributed by atoms with Crippen LogP contribution in [0.5, 0.6) is 5.75 Å². The van der Waals surface area contributed by atoms with Crippen LogP contribution in [0.25, 0.3) is 5.69 Å². The molecule has 1 amide bonds. The van der Waals surface area contributed by atoms with E-state index in [1.165, 1.54) is 31.0 Å². The highest BCUT2D eigenvalue weighted by molar-refractivity contribution is 8.00. The maximum absolute atomic E-state index is 12.4. The van der Waals surface area contributed by atoms with E-state index in [9.17, 15) is 9.90 Å². The topological polar surface area (TPSA) is 92.9 Å². The number of nitrogens with zero attached hydrogens (tertiary/aromatic N) is 4. The van der Waals surface area contributed by atoms with Crippen LogP contribution < -0.4 is 5.32 Å². The summed E-state index contributed by atoms with van der Waals surface area (Å²) in [5.41, 5.74) is 0.736. The second-order valence-electron chi connectivity index (χ2n) is 5.99. The number of phenols is 1. The Morgan fingerprint density at radius 3 is 2.71 bits per heavy atom. The van der Waals surface area contributed by atoms with E-state index in [-0.39, 0.29) is 16.9 Å². The number of rotatable bonds is 5. The van der Waals surface area contributed by atoms with E-state index >= 15 is 0 Å². The zero-order valence-corrected chi connectivity index (χ0v) is 14.4. The summed E-state index contributed by atoms with van der Waals surface area (Å²) in [6, 6.07) is 6.89. The zero-order chi connectivity index (χ0) is 16.9. The van der Waals surface area contributed by atoms with Crippen LogP contribution in [-0.4, -0.2) is 42.5 Å². The van der Waals surface area contributed by atoms with Gasteiger partial charge in [-0.15, -0.1) is 5.10 Å². The van der Waals surface area contributed by atoms with Crippen molar-refractivity contribution in [3.63, 3.8) is 0 Å². The minimum absolute atomic E-state index is 0.0205. The van der Waals surface area contributed by atoms with E-state index in [0.717, 1.165) is 18.5 Å². The highest BCUT2D eigenvalue weighted by Crippen LogP contribution is 2.24. The van der Waals surface area contributed by atoms with Gasteiger partial charge in [0.15, 0.2) is 0 Å². The van der Waals surface area contributed by atoms with Crippen LogP contribution in [0.3, 0.4) is 0 Å². The summed E-state index contributed by atoms with van der Waals surface area (Å²) in [6.07, 6.45) is 5.76. The molecule has 1 heterocycles. The van der Waals surface area contributed by atoms with Crippen molar-refractivity contribution in [3.8, 4) is 11.4 Å². The van der Waals surface area contributed by atoms with Gasteiger partial charge in [0.05, 0.1) is 10.9 Å². The predicted octanol–water partition coefficient (Wildman–Crippen LogP) is 2.30. The summed E-state index contributed by atoms with van der Waals surface area (Å²) in [7, 11) is 0. The van der Waals surface area contributed by atoms with Gasteiger partial charge in [-0.2, -0.15) is 4.68 Å². The molecule has 8 heteroatoms. The monoisotopic (exact) mass is 347 g/mol. The van der Waals surface area contributed by atoms with Crippen LogP contribution in [-0.2, 0) is 4.79 Å². The number of benzene rings is 1. The highest BCUT2D eigenvalue weighted by Gasteiger charge is 2.22. The van der Waals surface area contributed by atoms with Gasteiger partial charge < -0.3 is 10.4 Å². The molecule has 1 saturated carbocycles. The maximum Gasteiger partial charge on any atom is 0.233 e. The number of carbonyl (C=O) groups is 1. The Hall–Kier alpha value is -2.09. The van der Waals surface area contributed by atoms with Crippen molar-refractivity contribution in [3.05, 3.63) is 24.3 Å². The van der Waals surface area contributed by atoms with E-state index in [1.807, 2.05) is 6.92 Å². The van der Waals surface area contributed by atoms with Crippen LogP contribution in [0.2, 0.25) is 0 Å². The van der Waals surface area contributed by atoms with E-state index in [0.29, 0.717) is 11.2 Å². The molecule has 128 valence electrons. The molecular formula is C16H21N5O2S. The molecule has 7 nitrogen and oxygen atoms in total. The van der Waals surface area contributed by atoms with E-state index in [1.54, 1.807) is 28.9 Å². The Morgan fingerprint density at radius 2 is 2.00 bits per heavy atom. The van der Waals surface area contributed by atoms with Gasteiger partial charge in [-0.3, -0.25) is 4.79 Å². The van der Waals surface area contributed by atoms with Gasteiger partial charge in [-0.25, -0.2) is 0 Å². The number of aromatic hydroxyl groups is 1. The van der Waals surface area contributed by atoms with E-state index < -0.39 is 0 Å². The van der Waals surface area contributed by atoms with Crippen LogP contribution >= 0.6 is 11.8 Å². The van der Waals surface area contributed by atoms with Crippen molar-refractivity contribution in [1.29, 1.82) is 0 Å². The van der Waals surface area contributed by atoms with Crippen molar-refractivity contribution in [2.75, 3.05) is 0 Å². The molecule has 24 heavy (non-hydrogen) atoms. The minimum Gasteiger partial charge on any atom is -0.508 e. The molecule has 1 aromatic heterocycles. The predicted molar refractivity (Wildman–Crippen MR) is 91.2 cm³/mol. The van der Waals surface area contributed by atoms with Crippen molar-refractivity contribution in [2.45, 2.75) is 55.5 Å². The molecule has 0 radical (unpaired) electrons. The molecule has 0 spiro atoms. The molecule has 1 aliphatic carbocycles. The summed E-state index contributed by atoms with van der Waals surface area (Å²) in [4.78, 5) is 12.4. The van der Waals surface area contributed by atoms with E-state index in [4.69, 9.17) is 0 Å². The molecular weight excluding hydrogens is 326 g/mol. The average molecular weight is 347 g/mol. The molecule has 1 fully saturated rings. The van der Waals surface area contributed by atoms with Gasteiger partial charge >= 0.3 is 0 Å². The summed E-state index contributed by atoms with van der Waals surface area (Å²) in [6.45, 7) is 1.86. The van der Waals surface area contributed by atoms with Gasteiger partial charge in [0.1, 0.15) is 5.75 Å². The van der Waals surface area contributed by atoms with Gasteiger partial charge in [-0.05, 0) is 54.5 Å². The lowest BCUT2D eigenvalue weighted by Gasteiger charge is -2.24. The average Bonchev–Trinajstić information content (AvgIpc) is 3.04. The SMILES string of the molecule is C[C@H](Sc1nnnn1-c1ccc(O)cc1)C(=O)NC1CCCCC1. The lowest BCUT2D eigenvalue weighted by Crippen LogP contribution is -2.40. The highest BCUT2D eigenvalue weighted by atomic mass is 32.2. The Labute approximate surface area is 144 Å². The number of aromatic nitrogens is 4. The second-order valence-corrected chi connectivity index (χ2v) is 7.30. The van der Waals surface area contributed by atoms with Crippen molar-refractivity contribution >= 4 is 17.7 Å². The largest absolute Gasteiger partial charge is 0.508 e. The first kappa shape index (κ1) is 16.8. The third-order valence-corrected chi connectivity index (χ3v) is 5.17. The number of tetrazole rings is 1. The first-order valence-corrected chi connectivity index (χ1v) is 9.06. The first-order valence-electron chi connectivity index (χ1n) is 8.18. The number of thioether (sulfide) groups is 1. The molecule has 0 bridgehead atoms. The van der Waals surface area contributed by atoms with Crippen molar-refractivity contribution in [1.82, 2.24) is 25.5 Å². The number of nitrogens with one attached hydrogen (secondary N) is 1. The Morgan fingerprint density at radius 1 is 1.29 bits per heavy atom. The summed E-state index contributed by atoms with van der Waals surface area (Å²) < 4.78 is 1.56. The van der Waals surface area contributed by atoms with E-state index in [2.05, 4.69) is 20.8 Å². The third-order valence-electron chi connectivity index (χ3n) is 4.14. The van der Waals surface area contributed by atoms with Gasteiger partial charge in [0.2, 0.25) is 11.1 Å². The Bertz CT molecular complexity index is 682. The van der Waals surface area contributed by atoms with Gasteiger partial charge in [0, 0.05) is 6.04 Å². The fourth-order valence-corrected chi connectivity index (χ4v) is 3.60. The summed E-state index contributed by atoms with van der Waals surface area (Å²) >= 11 is 1.32. The van der Waals surface area contributed by atoms with Gasteiger partial charge in [-0.1, -0.05) is 31.0 Å². The lowest BCUT2D eigenvalue weighted by molar-refractivity contribution is -0.121. The second kappa shape index (κ2) is 7.65. The smallest absolute Gasteiger partial charge is 0.233 e.